The zero-order valence-corrected chi connectivity index (χ0v) is 12.3. The first-order valence-corrected chi connectivity index (χ1v) is 7.43. The van der Waals surface area contributed by atoms with Crippen LogP contribution in [0.2, 0.25) is 0 Å². The molecular weight excluding hydrogens is 283 g/mol. The number of hydrogen-bond donors (Lipinski definition) is 0. The number of fused-ring (bicyclic) bond motifs is 1. The van der Waals surface area contributed by atoms with Crippen LogP contribution in [0.5, 0.6) is 0 Å². The number of carbonyl (C=O) groups is 1. The third-order valence-electron chi connectivity index (χ3n) is 3.29. The molecule has 0 radical (unpaired) electrons. The number of rotatable bonds is 3. The Kier molecular flexibility index (Phi) is 3.76. The lowest BCUT2D eigenvalue weighted by molar-refractivity contribution is 0.101. The first kappa shape index (κ1) is 13.8. The van der Waals surface area contributed by atoms with Gasteiger partial charge in [-0.1, -0.05) is 54.2 Å². The average molecular weight is 296 g/mol. The summed E-state index contributed by atoms with van der Waals surface area (Å²) in [6, 6.07) is 18.6. The molecule has 3 rings (SSSR count). The monoisotopic (exact) mass is 296 g/mol. The molecule has 0 unspecified atom stereocenters. The summed E-state index contributed by atoms with van der Waals surface area (Å²) in [4.78, 5) is 12.9. The zero-order valence-electron chi connectivity index (χ0n) is 11.5. The molecule has 1 nitrogen and oxygen atoms in total. The quantitative estimate of drug-likeness (QED) is 0.607. The van der Waals surface area contributed by atoms with Crippen molar-refractivity contribution in [1.82, 2.24) is 0 Å². The fraction of sp³-hybridized carbons (Fsp3) is 0.0556. The van der Waals surface area contributed by atoms with Gasteiger partial charge < -0.3 is 0 Å². The van der Waals surface area contributed by atoms with E-state index in [2.05, 4.69) is 0 Å². The first-order chi connectivity index (χ1) is 10.1. The molecule has 0 atom stereocenters. The van der Waals surface area contributed by atoms with Gasteiger partial charge in [-0.2, -0.15) is 0 Å². The lowest BCUT2D eigenvalue weighted by atomic mass is 10.1. The minimum atomic E-state index is -0.360. The summed E-state index contributed by atoms with van der Waals surface area (Å²) in [5, 5.41) is 2.24. The van der Waals surface area contributed by atoms with Crippen LogP contribution in [0.15, 0.2) is 70.5 Å². The molecule has 0 bridgehead atoms. The second-order valence-electron chi connectivity index (χ2n) is 4.78. The third kappa shape index (κ3) is 2.83. The molecule has 3 aromatic rings. The molecule has 0 aliphatic carbocycles. The highest BCUT2D eigenvalue weighted by Crippen LogP contribution is 2.34. The maximum Gasteiger partial charge on any atom is 0.161 e. The number of carbonyl (C=O) groups excluding carboxylic acids is 1. The van der Waals surface area contributed by atoms with E-state index in [0.717, 1.165) is 15.7 Å². The van der Waals surface area contributed by atoms with Crippen molar-refractivity contribution in [2.75, 3.05) is 0 Å². The van der Waals surface area contributed by atoms with Crippen molar-refractivity contribution in [2.45, 2.75) is 16.7 Å². The van der Waals surface area contributed by atoms with Gasteiger partial charge in [-0.3, -0.25) is 4.79 Å². The van der Waals surface area contributed by atoms with Gasteiger partial charge in [0.2, 0.25) is 0 Å². The van der Waals surface area contributed by atoms with E-state index in [9.17, 15) is 9.18 Å². The van der Waals surface area contributed by atoms with Crippen molar-refractivity contribution in [3.05, 3.63) is 72.0 Å². The van der Waals surface area contributed by atoms with Gasteiger partial charge in [0.25, 0.3) is 0 Å². The normalized spacial score (nSPS) is 10.8. The van der Waals surface area contributed by atoms with E-state index in [1.807, 2.05) is 42.5 Å². The summed E-state index contributed by atoms with van der Waals surface area (Å²) >= 11 is 1.29. The van der Waals surface area contributed by atoms with Gasteiger partial charge in [0, 0.05) is 10.5 Å². The Bertz CT molecular complexity index is 826. The van der Waals surface area contributed by atoms with Gasteiger partial charge in [-0.05, 0) is 35.9 Å². The van der Waals surface area contributed by atoms with Gasteiger partial charge in [-0.25, -0.2) is 4.39 Å². The summed E-state index contributed by atoms with van der Waals surface area (Å²) in [5.41, 5.74) is 0.424. The highest BCUT2D eigenvalue weighted by atomic mass is 32.2. The Morgan fingerprint density at radius 3 is 2.48 bits per heavy atom. The Labute approximate surface area is 126 Å². The van der Waals surface area contributed by atoms with Crippen molar-refractivity contribution < 1.29 is 9.18 Å². The predicted octanol–water partition coefficient (Wildman–Crippen LogP) is 5.33. The zero-order chi connectivity index (χ0) is 14.8. The molecule has 0 fully saturated rings. The molecule has 0 aliphatic heterocycles. The molecule has 0 amide bonds. The average Bonchev–Trinajstić information content (AvgIpc) is 2.49. The Morgan fingerprint density at radius 2 is 1.71 bits per heavy atom. The molecule has 3 heteroatoms. The Hall–Kier alpha value is -2.13. The van der Waals surface area contributed by atoms with Crippen LogP contribution in [0.3, 0.4) is 0 Å². The van der Waals surface area contributed by atoms with Gasteiger partial charge in [0.1, 0.15) is 5.82 Å². The largest absolute Gasteiger partial charge is 0.294 e. The summed E-state index contributed by atoms with van der Waals surface area (Å²) in [7, 11) is 0. The van der Waals surface area contributed by atoms with Gasteiger partial charge in [0.15, 0.2) is 5.78 Å². The molecule has 21 heavy (non-hydrogen) atoms. The minimum Gasteiger partial charge on any atom is -0.294 e. The van der Waals surface area contributed by atoms with Gasteiger partial charge >= 0.3 is 0 Å². The van der Waals surface area contributed by atoms with Crippen LogP contribution in [-0.4, -0.2) is 5.78 Å². The SMILES string of the molecule is CC(=O)c1cccc(F)c1Sc1ccc2ccccc2c1. The van der Waals surface area contributed by atoms with E-state index >= 15 is 0 Å². The molecule has 3 aromatic carbocycles. The van der Waals surface area contributed by atoms with Crippen LogP contribution < -0.4 is 0 Å². The smallest absolute Gasteiger partial charge is 0.161 e. The molecule has 104 valence electrons. The highest BCUT2D eigenvalue weighted by Gasteiger charge is 2.13. The van der Waals surface area contributed by atoms with E-state index in [4.69, 9.17) is 0 Å². The van der Waals surface area contributed by atoms with Gasteiger partial charge in [-0.15, -0.1) is 0 Å². The lowest BCUT2D eigenvalue weighted by Crippen LogP contribution is -1.97. The molecule has 0 spiro atoms. The number of Topliss-reactive ketones (excluding diaryl/α,β-unsaturated/α-hetero) is 1. The minimum absolute atomic E-state index is 0.127. The van der Waals surface area contributed by atoms with Crippen LogP contribution in [-0.2, 0) is 0 Å². The lowest BCUT2D eigenvalue weighted by Gasteiger charge is -2.08. The van der Waals surface area contributed by atoms with Crippen molar-refractivity contribution in [1.29, 1.82) is 0 Å². The molecular formula is C18H13FOS. The Balaban J connectivity index is 2.04. The highest BCUT2D eigenvalue weighted by molar-refractivity contribution is 7.99. The molecule has 0 saturated heterocycles. The topological polar surface area (TPSA) is 17.1 Å². The number of halogens is 1. The van der Waals surface area contributed by atoms with Crippen molar-refractivity contribution >= 4 is 28.3 Å². The summed E-state index contributed by atoms with van der Waals surface area (Å²) in [5.74, 6) is -0.487. The maximum atomic E-state index is 14.0. The van der Waals surface area contributed by atoms with Crippen molar-refractivity contribution in [3.63, 3.8) is 0 Å². The number of ketones is 1. The van der Waals surface area contributed by atoms with E-state index in [1.165, 1.54) is 24.8 Å². The molecule has 0 heterocycles. The second kappa shape index (κ2) is 5.70. The van der Waals surface area contributed by atoms with E-state index < -0.39 is 0 Å². The summed E-state index contributed by atoms with van der Waals surface area (Å²) < 4.78 is 14.0. The summed E-state index contributed by atoms with van der Waals surface area (Å²) in [6.45, 7) is 1.46. The van der Waals surface area contributed by atoms with Crippen LogP contribution in [0.25, 0.3) is 10.8 Å². The number of hydrogen-bond acceptors (Lipinski definition) is 2. The van der Waals surface area contributed by atoms with Gasteiger partial charge in [0.05, 0.1) is 4.90 Å². The third-order valence-corrected chi connectivity index (χ3v) is 4.40. The summed E-state index contributed by atoms with van der Waals surface area (Å²) in [6.07, 6.45) is 0. The van der Waals surface area contributed by atoms with Crippen LogP contribution in [0.1, 0.15) is 17.3 Å². The standard InChI is InChI=1S/C18H13FOS/c1-12(20)16-7-4-8-17(19)18(16)21-15-10-9-13-5-2-3-6-14(13)11-15/h2-11H,1H3. The van der Waals surface area contributed by atoms with Crippen LogP contribution in [0.4, 0.5) is 4.39 Å². The fourth-order valence-electron chi connectivity index (χ4n) is 2.24. The van der Waals surface area contributed by atoms with E-state index in [0.29, 0.717) is 10.5 Å². The van der Waals surface area contributed by atoms with Crippen LogP contribution >= 0.6 is 11.8 Å². The molecule has 0 N–H and O–H groups in total. The second-order valence-corrected chi connectivity index (χ2v) is 5.87. The maximum absolute atomic E-state index is 14.0. The van der Waals surface area contributed by atoms with Crippen molar-refractivity contribution in [3.8, 4) is 0 Å². The van der Waals surface area contributed by atoms with E-state index in [1.54, 1.807) is 12.1 Å². The Morgan fingerprint density at radius 1 is 0.952 bits per heavy atom. The predicted molar refractivity (Wildman–Crippen MR) is 84.5 cm³/mol. The molecule has 0 aliphatic rings. The molecule has 0 saturated carbocycles. The van der Waals surface area contributed by atoms with Crippen LogP contribution in [0, 0.1) is 5.82 Å². The molecule has 0 aromatic heterocycles. The van der Waals surface area contributed by atoms with Crippen molar-refractivity contribution in [2.24, 2.45) is 0 Å². The first-order valence-electron chi connectivity index (χ1n) is 6.61. The van der Waals surface area contributed by atoms with E-state index in [-0.39, 0.29) is 11.6 Å². The fourth-order valence-corrected chi connectivity index (χ4v) is 3.28. The number of benzene rings is 3.